The fourth-order valence-electron chi connectivity index (χ4n) is 1.99. The van der Waals surface area contributed by atoms with Crippen LogP contribution in [-0.4, -0.2) is 36.6 Å². The fourth-order valence-corrected chi connectivity index (χ4v) is 1.99. The molecule has 0 radical (unpaired) electrons. The molecule has 102 valence electrons. The van der Waals surface area contributed by atoms with Crippen molar-refractivity contribution >= 4 is 11.6 Å². The summed E-state index contributed by atoms with van der Waals surface area (Å²) in [5, 5.41) is 3.47. The van der Waals surface area contributed by atoms with E-state index in [-0.39, 0.29) is 0 Å². The van der Waals surface area contributed by atoms with E-state index < -0.39 is 0 Å². The number of nitrogens with zero attached hydrogens (tertiary/aromatic N) is 2. The topological polar surface area (TPSA) is 66.2 Å². The van der Waals surface area contributed by atoms with Crippen LogP contribution >= 0.6 is 0 Å². The van der Waals surface area contributed by atoms with Crippen LogP contribution in [0.5, 0.6) is 0 Å². The van der Waals surface area contributed by atoms with Crippen LogP contribution in [0.4, 0.5) is 11.6 Å². The summed E-state index contributed by atoms with van der Waals surface area (Å²) in [5.74, 6) is 7.55. The van der Waals surface area contributed by atoms with Gasteiger partial charge in [-0.15, -0.1) is 0 Å². The number of likely N-dealkylation sites (N-methyl/N-ethyl adjacent to an activating group) is 1. The number of nitrogens with two attached hydrogens (primary N) is 1. The number of aromatic nitrogens is 1. The summed E-state index contributed by atoms with van der Waals surface area (Å²) in [6.45, 7) is 5.45. The van der Waals surface area contributed by atoms with Crippen LogP contribution in [0, 0.1) is 5.92 Å². The quantitative estimate of drug-likeness (QED) is 0.509. The average molecular weight is 251 g/mol. The Morgan fingerprint density at radius 1 is 1.28 bits per heavy atom. The molecule has 1 unspecified atom stereocenters. The van der Waals surface area contributed by atoms with Gasteiger partial charge in [0.1, 0.15) is 11.6 Å². The van der Waals surface area contributed by atoms with Gasteiger partial charge in [0.05, 0.1) is 0 Å². The molecule has 0 aliphatic heterocycles. The summed E-state index contributed by atoms with van der Waals surface area (Å²) >= 11 is 0. The molecule has 1 heterocycles. The van der Waals surface area contributed by atoms with Crippen LogP contribution in [0.15, 0.2) is 18.2 Å². The Hall–Kier alpha value is -1.33. The Labute approximate surface area is 110 Å². The summed E-state index contributed by atoms with van der Waals surface area (Å²) < 4.78 is 0. The van der Waals surface area contributed by atoms with E-state index in [1.807, 2.05) is 18.2 Å². The molecule has 1 aromatic heterocycles. The zero-order chi connectivity index (χ0) is 13.5. The summed E-state index contributed by atoms with van der Waals surface area (Å²) in [4.78, 5) is 6.57. The first-order valence-corrected chi connectivity index (χ1v) is 6.36. The predicted octanol–water partition coefficient (Wildman–Crippen LogP) is 1.76. The fraction of sp³-hybridized carbons (Fsp3) is 0.615. The van der Waals surface area contributed by atoms with Gasteiger partial charge >= 0.3 is 0 Å². The van der Waals surface area contributed by atoms with Crippen molar-refractivity contribution in [3.05, 3.63) is 18.2 Å². The number of anilines is 2. The molecule has 0 aliphatic rings. The summed E-state index contributed by atoms with van der Waals surface area (Å²) in [5.41, 5.74) is 2.56. The molecular formula is C13H25N5. The van der Waals surface area contributed by atoms with Crippen molar-refractivity contribution in [1.29, 1.82) is 0 Å². The van der Waals surface area contributed by atoms with Crippen molar-refractivity contribution in [2.45, 2.75) is 26.3 Å². The molecule has 0 bridgehead atoms. The minimum atomic E-state index is 0.389. The zero-order valence-corrected chi connectivity index (χ0v) is 11.8. The van der Waals surface area contributed by atoms with Gasteiger partial charge in [0.25, 0.3) is 0 Å². The van der Waals surface area contributed by atoms with Crippen LogP contribution in [0.2, 0.25) is 0 Å². The maximum atomic E-state index is 5.36. The molecule has 1 atom stereocenters. The van der Waals surface area contributed by atoms with Crippen molar-refractivity contribution in [3.63, 3.8) is 0 Å². The lowest BCUT2D eigenvalue weighted by molar-refractivity contribution is 0.356. The van der Waals surface area contributed by atoms with Crippen LogP contribution in [-0.2, 0) is 0 Å². The van der Waals surface area contributed by atoms with Crippen LogP contribution in [0.1, 0.15) is 20.3 Å². The Morgan fingerprint density at radius 2 is 1.94 bits per heavy atom. The van der Waals surface area contributed by atoms with Gasteiger partial charge in [-0.05, 0) is 38.6 Å². The lowest BCUT2D eigenvalue weighted by Crippen LogP contribution is -2.33. The third-order valence-corrected chi connectivity index (χ3v) is 2.59. The lowest BCUT2D eigenvalue weighted by Gasteiger charge is -2.24. The highest BCUT2D eigenvalue weighted by atomic mass is 15.3. The van der Waals surface area contributed by atoms with Gasteiger partial charge in [-0.2, -0.15) is 0 Å². The molecule has 4 N–H and O–H groups in total. The molecule has 18 heavy (non-hydrogen) atoms. The van der Waals surface area contributed by atoms with Crippen LogP contribution in [0.25, 0.3) is 0 Å². The van der Waals surface area contributed by atoms with E-state index in [2.05, 4.69) is 48.6 Å². The normalized spacial score (nSPS) is 12.8. The number of hydrogen-bond acceptors (Lipinski definition) is 5. The van der Waals surface area contributed by atoms with Crippen molar-refractivity contribution < 1.29 is 0 Å². The lowest BCUT2D eigenvalue weighted by atomic mass is 10.0. The van der Waals surface area contributed by atoms with Gasteiger partial charge in [0.2, 0.25) is 0 Å². The van der Waals surface area contributed by atoms with Gasteiger partial charge < -0.3 is 15.6 Å². The monoisotopic (exact) mass is 251 g/mol. The van der Waals surface area contributed by atoms with E-state index in [4.69, 9.17) is 5.84 Å². The summed E-state index contributed by atoms with van der Waals surface area (Å²) in [6, 6.07) is 6.13. The highest BCUT2D eigenvalue weighted by molar-refractivity contribution is 5.44. The molecule has 1 aromatic rings. The third kappa shape index (κ3) is 5.33. The zero-order valence-electron chi connectivity index (χ0n) is 11.8. The average Bonchev–Trinajstić information content (AvgIpc) is 2.27. The molecule has 1 rings (SSSR count). The van der Waals surface area contributed by atoms with Gasteiger partial charge in [-0.1, -0.05) is 19.9 Å². The van der Waals surface area contributed by atoms with Gasteiger partial charge in [-0.3, -0.25) is 0 Å². The molecule has 0 aliphatic carbocycles. The molecule has 0 aromatic carbocycles. The molecule has 0 amide bonds. The summed E-state index contributed by atoms with van der Waals surface area (Å²) in [6.07, 6.45) is 1.11. The standard InChI is InChI=1S/C13H25N5/c1-10(2)8-11(9-18(3)4)15-12-6-5-7-13(16-12)17-14/h5-7,10-11H,8-9,14H2,1-4H3,(H2,15,16,17). The minimum Gasteiger partial charge on any atom is -0.366 e. The van der Waals surface area contributed by atoms with E-state index in [1.54, 1.807) is 0 Å². The second kappa shape index (κ2) is 7.18. The first kappa shape index (κ1) is 14.7. The Bertz CT molecular complexity index is 341. The number of rotatable bonds is 7. The largest absolute Gasteiger partial charge is 0.366 e. The second-order valence-corrected chi connectivity index (χ2v) is 5.29. The number of nitrogens with one attached hydrogen (secondary N) is 2. The molecule has 5 heteroatoms. The van der Waals surface area contributed by atoms with Crippen molar-refractivity contribution in [2.75, 3.05) is 31.4 Å². The Balaban J connectivity index is 2.68. The van der Waals surface area contributed by atoms with Gasteiger partial charge in [0, 0.05) is 12.6 Å². The van der Waals surface area contributed by atoms with Gasteiger partial charge in [0.15, 0.2) is 0 Å². The van der Waals surface area contributed by atoms with Crippen molar-refractivity contribution in [3.8, 4) is 0 Å². The smallest absolute Gasteiger partial charge is 0.142 e. The van der Waals surface area contributed by atoms with E-state index >= 15 is 0 Å². The third-order valence-electron chi connectivity index (χ3n) is 2.59. The van der Waals surface area contributed by atoms with Crippen molar-refractivity contribution in [2.24, 2.45) is 11.8 Å². The van der Waals surface area contributed by atoms with Gasteiger partial charge in [-0.25, -0.2) is 10.8 Å². The number of hydrazine groups is 1. The Kier molecular flexibility index (Phi) is 5.88. The van der Waals surface area contributed by atoms with Crippen LogP contribution < -0.4 is 16.6 Å². The maximum Gasteiger partial charge on any atom is 0.142 e. The first-order chi connectivity index (χ1) is 8.51. The minimum absolute atomic E-state index is 0.389. The number of pyridine rings is 1. The molecule has 0 spiro atoms. The highest BCUT2D eigenvalue weighted by Crippen LogP contribution is 2.13. The van der Waals surface area contributed by atoms with E-state index in [1.165, 1.54) is 0 Å². The molecule has 0 saturated carbocycles. The number of hydrogen-bond donors (Lipinski definition) is 3. The van der Waals surface area contributed by atoms with Crippen molar-refractivity contribution in [1.82, 2.24) is 9.88 Å². The first-order valence-electron chi connectivity index (χ1n) is 6.36. The Morgan fingerprint density at radius 3 is 2.50 bits per heavy atom. The van der Waals surface area contributed by atoms with Crippen LogP contribution in [0.3, 0.4) is 0 Å². The maximum absolute atomic E-state index is 5.36. The SMILES string of the molecule is CC(C)CC(CN(C)C)Nc1cccc(NN)n1. The second-order valence-electron chi connectivity index (χ2n) is 5.29. The molecular weight excluding hydrogens is 226 g/mol. The van der Waals surface area contributed by atoms with E-state index in [9.17, 15) is 0 Å². The van der Waals surface area contributed by atoms with E-state index in [0.717, 1.165) is 18.8 Å². The highest BCUT2D eigenvalue weighted by Gasteiger charge is 2.12. The van der Waals surface area contributed by atoms with E-state index in [0.29, 0.717) is 17.8 Å². The predicted molar refractivity (Wildman–Crippen MR) is 77.5 cm³/mol. The molecule has 0 saturated heterocycles. The summed E-state index contributed by atoms with van der Waals surface area (Å²) in [7, 11) is 4.17. The molecule has 5 nitrogen and oxygen atoms in total. The number of nitrogen functional groups attached to an aromatic ring is 1. The molecule has 0 fully saturated rings.